The van der Waals surface area contributed by atoms with Crippen molar-refractivity contribution in [2.45, 2.75) is 44.4 Å². The lowest BCUT2D eigenvalue weighted by molar-refractivity contribution is 0.309. The Labute approximate surface area is 473 Å². The lowest BCUT2D eigenvalue weighted by Gasteiger charge is -2.11. The topological polar surface area (TPSA) is 74.1 Å². The molecule has 3 aromatic heterocycles. The Morgan fingerprint density at radius 1 is 0.487 bits per heavy atom. The minimum absolute atomic E-state index is 0.141. The Bertz CT molecular complexity index is 3420. The predicted octanol–water partition coefficient (Wildman–Crippen LogP) is 14.8. The van der Waals surface area contributed by atoms with E-state index in [1.807, 2.05) is 175 Å². The Morgan fingerprint density at radius 2 is 0.923 bits per heavy atom. The summed E-state index contributed by atoms with van der Waals surface area (Å²) >= 11 is 6.77. The average molecular weight is 1190 g/mol. The third-order valence-corrected chi connectivity index (χ3v) is 14.1. The number of ether oxygens (including phenoxy) is 2. The number of rotatable bonds is 18. The van der Waals surface area contributed by atoms with Crippen LogP contribution in [-0.2, 0) is 44.4 Å². The van der Waals surface area contributed by atoms with Gasteiger partial charge < -0.3 is 38.8 Å². The molecule has 0 aliphatic carbocycles. The Hall–Kier alpha value is -6.81. The van der Waals surface area contributed by atoms with Crippen LogP contribution in [0.1, 0.15) is 38.9 Å². The zero-order valence-corrected chi connectivity index (χ0v) is 48.4. The van der Waals surface area contributed by atoms with Gasteiger partial charge in [-0.15, -0.1) is 0 Å². The van der Waals surface area contributed by atoms with Gasteiger partial charge in [0.25, 0.3) is 0 Å². The highest BCUT2D eigenvalue weighted by Gasteiger charge is 2.19. The van der Waals surface area contributed by atoms with Crippen LogP contribution in [0.3, 0.4) is 0 Å². The van der Waals surface area contributed by atoms with Crippen LogP contribution in [0.25, 0.3) is 32.7 Å². The summed E-state index contributed by atoms with van der Waals surface area (Å²) in [7, 11) is 12.1. The van der Waals surface area contributed by atoms with Gasteiger partial charge in [0.05, 0.1) is 32.7 Å². The number of fused-ring (bicyclic) bond motifs is 3. The molecule has 0 spiro atoms. The summed E-state index contributed by atoms with van der Waals surface area (Å²) in [5.41, 5.74) is 9.24. The summed E-state index contributed by atoms with van der Waals surface area (Å²) in [6.07, 6.45) is 8.21. The highest BCUT2D eigenvalue weighted by atomic mass is 79.9. The number of hydrogen-bond donors (Lipinski definition) is 2. The zero-order valence-electron chi connectivity index (χ0n) is 45.2. The fourth-order valence-electron chi connectivity index (χ4n) is 8.84. The Morgan fingerprint density at radius 3 is 1.42 bits per heavy atom. The van der Waals surface area contributed by atoms with E-state index in [1.54, 1.807) is 15.7 Å². The van der Waals surface area contributed by atoms with Crippen LogP contribution in [0.2, 0.25) is 0 Å². The van der Waals surface area contributed by atoms with Gasteiger partial charge in [0, 0.05) is 66.3 Å². The van der Waals surface area contributed by atoms with Gasteiger partial charge in [0.1, 0.15) is 47.9 Å². The summed E-state index contributed by atoms with van der Waals surface area (Å²) in [6, 6.07) is 49.3. The summed E-state index contributed by atoms with van der Waals surface area (Å²) in [5.74, 6) is 0.766. The summed E-state index contributed by atoms with van der Waals surface area (Å²) in [5, 5.41) is 13.5. The van der Waals surface area contributed by atoms with Gasteiger partial charge in [0.2, 0.25) is 0 Å². The maximum Gasteiger partial charge on any atom is 0.148 e. The molecule has 10 aromatic rings. The molecule has 0 bridgehead atoms. The molecule has 0 amide bonds. The fraction of sp³-hybridized carbons (Fsp3) is 0.250. The number of H-pyrrole nitrogens is 1. The van der Waals surface area contributed by atoms with Crippen molar-refractivity contribution < 1.29 is 27.8 Å². The summed E-state index contributed by atoms with van der Waals surface area (Å²) in [4.78, 5) is 9.35. The molecule has 14 heteroatoms. The Kier molecular flexibility index (Phi) is 22.1. The van der Waals surface area contributed by atoms with Crippen molar-refractivity contribution in [2.24, 2.45) is 0 Å². The van der Waals surface area contributed by atoms with Crippen molar-refractivity contribution >= 4 is 64.8 Å². The van der Waals surface area contributed by atoms with Crippen molar-refractivity contribution in [1.29, 1.82) is 0 Å². The van der Waals surface area contributed by atoms with E-state index < -0.39 is 0 Å². The molecule has 0 unspecified atom stereocenters. The second kappa shape index (κ2) is 29.2. The standard InChI is InChI=1S/C19H20BrFN2O.2C19H21FN2O.C7H7Br/c1-22(2)11-10-15-12-23(20)19-16(21)8-9-17(18(15)19)24-13-14-6-4-3-5-7-14;1-22(2)11-10-15-12-21-19-16(20)8-9-17(18(15)19)23-13-14-6-4-3-5-7-14;1-21(2)11-10-15-13-22(12-14-6-4-3-5-7-14)19-16(20)8-9-17(23)18(15)19;8-6-7-4-2-1-3-5-7/h3-9,12H,10-11,13H2,1-2H3;3-9,12,21H,10-11,13H2,1-2H3;3-9,13,23H,10-12H2,1-2H3;1-5H,6H2. The lowest BCUT2D eigenvalue weighted by atomic mass is 10.1. The molecule has 0 saturated carbocycles. The number of likely N-dealkylation sites (N-methyl/N-ethyl adjacent to an activating group) is 3. The molecule has 408 valence electrons. The van der Waals surface area contributed by atoms with E-state index in [9.17, 15) is 18.3 Å². The van der Waals surface area contributed by atoms with Crippen LogP contribution >= 0.6 is 32.1 Å². The van der Waals surface area contributed by atoms with E-state index in [0.717, 1.165) is 94.1 Å². The third kappa shape index (κ3) is 16.4. The highest BCUT2D eigenvalue weighted by molar-refractivity contribution is 9.08. The third-order valence-electron chi connectivity index (χ3n) is 12.9. The number of alkyl halides is 1. The molecule has 78 heavy (non-hydrogen) atoms. The number of hydrogen-bond acceptors (Lipinski definition) is 6. The maximum absolute atomic E-state index is 14.4. The van der Waals surface area contributed by atoms with Crippen LogP contribution in [0.4, 0.5) is 13.2 Å². The van der Waals surface area contributed by atoms with E-state index >= 15 is 0 Å². The number of nitrogens with zero attached hydrogens (tertiary/aromatic N) is 5. The van der Waals surface area contributed by atoms with E-state index in [1.165, 1.54) is 29.8 Å². The molecular formula is C64H69Br2F3N6O3. The van der Waals surface area contributed by atoms with Gasteiger partial charge in [0.15, 0.2) is 0 Å². The van der Waals surface area contributed by atoms with Crippen LogP contribution in [-0.4, -0.2) is 94.9 Å². The molecule has 7 aromatic carbocycles. The molecular weight excluding hydrogens is 1120 g/mol. The molecule has 0 fully saturated rings. The minimum atomic E-state index is -0.301. The first-order valence-corrected chi connectivity index (χ1v) is 27.7. The van der Waals surface area contributed by atoms with Gasteiger partial charge in [-0.3, -0.25) is 3.59 Å². The van der Waals surface area contributed by atoms with Gasteiger partial charge in [-0.25, -0.2) is 13.2 Å². The second-order valence-corrected chi connectivity index (χ2v) is 21.1. The smallest absolute Gasteiger partial charge is 0.148 e. The zero-order chi connectivity index (χ0) is 55.6. The molecule has 10 rings (SSSR count). The SMILES string of the molecule is BrCc1ccccc1.CN(C)CCc1c[nH]c2c(F)ccc(OCc3ccccc3)c12.CN(C)CCc1cn(Br)c2c(F)ccc(OCc3ccccc3)c12.CN(C)CCc1cn(Cc2ccccc2)c2c(F)ccc(O)c12. The number of nitrogens with one attached hydrogen (secondary N) is 1. The van der Waals surface area contributed by atoms with Crippen molar-refractivity contribution in [2.75, 3.05) is 61.9 Å². The van der Waals surface area contributed by atoms with Crippen molar-refractivity contribution in [3.63, 3.8) is 0 Å². The molecule has 0 aliphatic rings. The summed E-state index contributed by atoms with van der Waals surface area (Å²) in [6.45, 7) is 4.16. The quantitative estimate of drug-likeness (QED) is 0.0834. The minimum Gasteiger partial charge on any atom is -0.507 e. The average Bonchev–Trinajstić information content (AvgIpc) is 4.26. The number of benzene rings is 7. The molecule has 3 heterocycles. The predicted molar refractivity (Wildman–Crippen MR) is 321 cm³/mol. The first kappa shape index (κ1) is 58.9. The number of phenolic OH excluding ortho intramolecular Hbond substituents is 1. The van der Waals surface area contributed by atoms with Gasteiger partial charge in [-0.05, 0) is 137 Å². The summed E-state index contributed by atoms with van der Waals surface area (Å²) < 4.78 is 58.3. The van der Waals surface area contributed by atoms with E-state index in [4.69, 9.17) is 9.47 Å². The number of aromatic amines is 1. The first-order chi connectivity index (χ1) is 37.7. The number of phenols is 1. The Balaban J connectivity index is 0.000000158. The van der Waals surface area contributed by atoms with Gasteiger partial charge in [-0.1, -0.05) is 137 Å². The highest BCUT2D eigenvalue weighted by Crippen LogP contribution is 2.36. The van der Waals surface area contributed by atoms with Gasteiger partial charge >= 0.3 is 0 Å². The largest absolute Gasteiger partial charge is 0.507 e. The second-order valence-electron chi connectivity index (χ2n) is 19.7. The first-order valence-electron chi connectivity index (χ1n) is 25.9. The monoisotopic (exact) mass is 1180 g/mol. The van der Waals surface area contributed by atoms with Crippen molar-refractivity contribution in [3.8, 4) is 17.2 Å². The molecule has 0 radical (unpaired) electrons. The van der Waals surface area contributed by atoms with Crippen LogP contribution < -0.4 is 9.47 Å². The molecule has 2 N–H and O–H groups in total. The van der Waals surface area contributed by atoms with Crippen LogP contribution in [0.5, 0.6) is 17.2 Å². The number of aromatic hydroxyl groups is 1. The van der Waals surface area contributed by atoms with E-state index in [2.05, 4.69) is 63.9 Å². The molecule has 0 atom stereocenters. The van der Waals surface area contributed by atoms with Crippen LogP contribution in [0.15, 0.2) is 176 Å². The van der Waals surface area contributed by atoms with Crippen molar-refractivity contribution in [1.82, 2.24) is 27.8 Å². The van der Waals surface area contributed by atoms with Gasteiger partial charge in [-0.2, -0.15) is 0 Å². The van der Waals surface area contributed by atoms with Crippen molar-refractivity contribution in [3.05, 3.63) is 233 Å². The maximum atomic E-state index is 14.4. The van der Waals surface area contributed by atoms with E-state index in [-0.39, 0.29) is 23.2 Å². The number of aromatic nitrogens is 3. The lowest BCUT2D eigenvalue weighted by Crippen LogP contribution is -2.14. The molecule has 0 aliphatic heterocycles. The normalized spacial score (nSPS) is 11.2. The van der Waals surface area contributed by atoms with E-state index in [0.29, 0.717) is 47.4 Å². The number of halogens is 5. The molecule has 9 nitrogen and oxygen atoms in total. The van der Waals surface area contributed by atoms with Crippen LogP contribution in [0, 0.1) is 17.5 Å². The molecule has 0 saturated heterocycles. The fourth-order valence-corrected chi connectivity index (χ4v) is 9.81.